The van der Waals surface area contributed by atoms with Gasteiger partial charge in [0.15, 0.2) is 0 Å². The Morgan fingerprint density at radius 2 is 1.87 bits per heavy atom. The quantitative estimate of drug-likeness (QED) is 0.805. The average Bonchev–Trinajstić information content (AvgIpc) is 2.29. The van der Waals surface area contributed by atoms with Crippen molar-refractivity contribution in [3.63, 3.8) is 0 Å². The topological polar surface area (TPSA) is 33.1 Å². The Hall–Kier alpha value is -0.890. The van der Waals surface area contributed by atoms with E-state index < -0.39 is 0 Å². The van der Waals surface area contributed by atoms with Crippen LogP contribution in [0.2, 0.25) is 0 Å². The zero-order chi connectivity index (χ0) is 11.3. The average molecular weight is 207 g/mol. The molecule has 0 bridgehead atoms. The molecule has 0 saturated heterocycles. The monoisotopic (exact) mass is 207 g/mol. The first-order valence-electron chi connectivity index (χ1n) is 5.73. The molecule has 2 nitrogen and oxygen atoms in total. The number of hydrogen-bond donors (Lipinski definition) is 1. The minimum Gasteiger partial charge on any atom is -0.392 e. The van der Waals surface area contributed by atoms with Crippen LogP contribution in [0.15, 0.2) is 24.5 Å². The van der Waals surface area contributed by atoms with Gasteiger partial charge in [-0.2, -0.15) is 0 Å². The van der Waals surface area contributed by atoms with Crippen molar-refractivity contribution in [2.24, 2.45) is 5.92 Å². The first-order chi connectivity index (χ1) is 7.15. The number of aromatic nitrogens is 1. The van der Waals surface area contributed by atoms with E-state index >= 15 is 0 Å². The van der Waals surface area contributed by atoms with Gasteiger partial charge < -0.3 is 5.11 Å². The van der Waals surface area contributed by atoms with Crippen LogP contribution < -0.4 is 0 Å². The Morgan fingerprint density at radius 1 is 1.27 bits per heavy atom. The van der Waals surface area contributed by atoms with E-state index in [2.05, 4.69) is 25.8 Å². The number of nitrogens with zero attached hydrogens (tertiary/aromatic N) is 1. The van der Waals surface area contributed by atoms with Gasteiger partial charge in [-0.1, -0.05) is 27.2 Å². The van der Waals surface area contributed by atoms with Gasteiger partial charge >= 0.3 is 0 Å². The Kier molecular flexibility index (Phi) is 4.76. The summed E-state index contributed by atoms with van der Waals surface area (Å²) in [7, 11) is 0. The molecule has 2 heteroatoms. The van der Waals surface area contributed by atoms with E-state index in [0.29, 0.717) is 5.92 Å². The maximum atomic E-state index is 10.1. The molecule has 0 aliphatic carbocycles. The van der Waals surface area contributed by atoms with Crippen molar-refractivity contribution in [1.29, 1.82) is 0 Å². The largest absolute Gasteiger partial charge is 0.392 e. The van der Waals surface area contributed by atoms with Gasteiger partial charge in [-0.25, -0.2) is 0 Å². The summed E-state index contributed by atoms with van der Waals surface area (Å²) in [6.07, 6.45) is 5.31. The van der Waals surface area contributed by atoms with Crippen LogP contribution in [0, 0.1) is 5.92 Å². The first-order valence-corrected chi connectivity index (χ1v) is 5.73. The molecule has 3 unspecified atom stereocenters. The summed E-state index contributed by atoms with van der Waals surface area (Å²) in [4.78, 5) is 3.98. The molecule has 84 valence electrons. The van der Waals surface area contributed by atoms with E-state index in [1.54, 1.807) is 12.4 Å². The van der Waals surface area contributed by atoms with Crippen LogP contribution in [-0.2, 0) is 0 Å². The Balaban J connectivity index is 2.57. The summed E-state index contributed by atoms with van der Waals surface area (Å²) in [5.41, 5.74) is 1.17. The molecule has 0 aliphatic rings. The van der Waals surface area contributed by atoms with Gasteiger partial charge in [0.2, 0.25) is 0 Å². The summed E-state index contributed by atoms with van der Waals surface area (Å²) in [5, 5.41) is 10.1. The van der Waals surface area contributed by atoms with Crippen molar-refractivity contribution >= 4 is 0 Å². The zero-order valence-corrected chi connectivity index (χ0v) is 9.85. The molecule has 1 aromatic heterocycles. The minimum atomic E-state index is -0.248. The van der Waals surface area contributed by atoms with Gasteiger partial charge in [0, 0.05) is 18.3 Å². The maximum Gasteiger partial charge on any atom is 0.0608 e. The highest BCUT2D eigenvalue weighted by atomic mass is 16.3. The molecule has 0 aliphatic heterocycles. The van der Waals surface area contributed by atoms with Crippen molar-refractivity contribution < 1.29 is 5.11 Å². The first kappa shape index (κ1) is 12.2. The highest BCUT2D eigenvalue weighted by Crippen LogP contribution is 2.23. The molecule has 1 aromatic rings. The Morgan fingerprint density at radius 3 is 2.40 bits per heavy atom. The molecule has 1 N–H and O–H groups in total. The molecule has 0 fully saturated rings. The van der Waals surface area contributed by atoms with Crippen molar-refractivity contribution in [3.05, 3.63) is 30.1 Å². The normalized spacial score (nSPS) is 17.1. The lowest BCUT2D eigenvalue weighted by atomic mass is 9.89. The van der Waals surface area contributed by atoms with Gasteiger partial charge in [0.1, 0.15) is 0 Å². The molecule has 0 spiro atoms. The molecule has 0 radical (unpaired) electrons. The minimum absolute atomic E-state index is 0.196. The summed E-state index contributed by atoms with van der Waals surface area (Å²) < 4.78 is 0. The second-order valence-electron chi connectivity index (χ2n) is 4.39. The number of pyridine rings is 1. The van der Waals surface area contributed by atoms with Crippen LogP contribution in [0.25, 0.3) is 0 Å². The lowest BCUT2D eigenvalue weighted by Crippen LogP contribution is -2.18. The Bertz CT molecular complexity index is 273. The third-order valence-corrected chi connectivity index (χ3v) is 3.15. The fourth-order valence-corrected chi connectivity index (χ4v) is 1.67. The van der Waals surface area contributed by atoms with E-state index in [1.807, 2.05) is 12.1 Å². The predicted octanol–water partition coefficient (Wildman–Crippen LogP) is 2.98. The third kappa shape index (κ3) is 3.63. The van der Waals surface area contributed by atoms with E-state index in [4.69, 9.17) is 0 Å². The van der Waals surface area contributed by atoms with E-state index in [1.165, 1.54) is 5.56 Å². The van der Waals surface area contributed by atoms with Crippen molar-refractivity contribution in [1.82, 2.24) is 4.98 Å². The second-order valence-corrected chi connectivity index (χ2v) is 4.39. The predicted molar refractivity (Wildman–Crippen MR) is 62.7 cm³/mol. The third-order valence-electron chi connectivity index (χ3n) is 3.15. The SMILES string of the molecule is CCC(C)CC(O)C(C)c1ccncc1. The van der Waals surface area contributed by atoms with Crippen LogP contribution >= 0.6 is 0 Å². The molecule has 3 atom stereocenters. The molecular formula is C13H21NO. The zero-order valence-electron chi connectivity index (χ0n) is 9.85. The number of rotatable bonds is 5. The summed E-state index contributed by atoms with van der Waals surface area (Å²) in [5.74, 6) is 0.784. The molecule has 1 rings (SSSR count). The van der Waals surface area contributed by atoms with Crippen LogP contribution in [0.3, 0.4) is 0 Å². The number of hydrogen-bond acceptors (Lipinski definition) is 2. The fourth-order valence-electron chi connectivity index (χ4n) is 1.67. The van der Waals surface area contributed by atoms with Crippen LogP contribution in [0.5, 0.6) is 0 Å². The smallest absolute Gasteiger partial charge is 0.0608 e. The molecule has 15 heavy (non-hydrogen) atoms. The maximum absolute atomic E-state index is 10.1. The standard InChI is InChI=1S/C13H21NO/c1-4-10(2)9-13(15)11(3)12-5-7-14-8-6-12/h5-8,10-11,13,15H,4,9H2,1-3H3. The van der Waals surface area contributed by atoms with Gasteiger partial charge in [-0.3, -0.25) is 4.98 Å². The Labute approximate surface area is 92.4 Å². The molecule has 0 aromatic carbocycles. The van der Waals surface area contributed by atoms with Gasteiger partial charge in [0.25, 0.3) is 0 Å². The van der Waals surface area contributed by atoms with E-state index in [9.17, 15) is 5.11 Å². The molecular weight excluding hydrogens is 186 g/mol. The van der Waals surface area contributed by atoms with Crippen LogP contribution in [0.4, 0.5) is 0 Å². The fraction of sp³-hybridized carbons (Fsp3) is 0.615. The number of aliphatic hydroxyl groups excluding tert-OH is 1. The lowest BCUT2D eigenvalue weighted by molar-refractivity contribution is 0.121. The summed E-state index contributed by atoms with van der Waals surface area (Å²) >= 11 is 0. The highest BCUT2D eigenvalue weighted by molar-refractivity contribution is 5.16. The molecule has 0 saturated carbocycles. The highest BCUT2D eigenvalue weighted by Gasteiger charge is 2.17. The van der Waals surface area contributed by atoms with Crippen LogP contribution in [0.1, 0.15) is 45.1 Å². The molecule has 0 amide bonds. The van der Waals surface area contributed by atoms with E-state index in [0.717, 1.165) is 12.8 Å². The van der Waals surface area contributed by atoms with Crippen molar-refractivity contribution in [3.8, 4) is 0 Å². The van der Waals surface area contributed by atoms with Gasteiger partial charge in [-0.05, 0) is 30.0 Å². The van der Waals surface area contributed by atoms with E-state index in [-0.39, 0.29) is 12.0 Å². The second kappa shape index (κ2) is 5.86. The summed E-state index contributed by atoms with van der Waals surface area (Å²) in [6.45, 7) is 6.42. The molecule has 1 heterocycles. The lowest BCUT2D eigenvalue weighted by Gasteiger charge is -2.21. The van der Waals surface area contributed by atoms with Crippen molar-refractivity contribution in [2.75, 3.05) is 0 Å². The van der Waals surface area contributed by atoms with Crippen molar-refractivity contribution in [2.45, 2.75) is 45.6 Å². The van der Waals surface area contributed by atoms with Crippen LogP contribution in [-0.4, -0.2) is 16.2 Å². The van der Waals surface area contributed by atoms with Gasteiger partial charge in [-0.15, -0.1) is 0 Å². The number of aliphatic hydroxyl groups is 1. The summed E-state index contributed by atoms with van der Waals surface area (Å²) in [6, 6.07) is 3.95. The van der Waals surface area contributed by atoms with Gasteiger partial charge in [0.05, 0.1) is 6.10 Å².